The predicted molar refractivity (Wildman–Crippen MR) is 84.1 cm³/mol. The first kappa shape index (κ1) is 13.4. The van der Waals surface area contributed by atoms with E-state index >= 15 is 0 Å². The molecule has 1 aromatic heterocycles. The Balaban J connectivity index is 2.27. The molecule has 4 nitrogen and oxygen atoms in total. The van der Waals surface area contributed by atoms with Crippen LogP contribution in [0.5, 0.6) is 5.88 Å². The van der Waals surface area contributed by atoms with E-state index in [-0.39, 0.29) is 11.6 Å². The lowest BCUT2D eigenvalue weighted by Crippen LogP contribution is -2.00. The highest BCUT2D eigenvalue weighted by Gasteiger charge is 2.19. The van der Waals surface area contributed by atoms with Crippen molar-refractivity contribution in [2.75, 3.05) is 0 Å². The molecule has 1 N–H and O–H groups in total. The van der Waals surface area contributed by atoms with Gasteiger partial charge in [-0.2, -0.15) is 0 Å². The van der Waals surface area contributed by atoms with Gasteiger partial charge in [0.15, 0.2) is 5.69 Å². The molecule has 0 radical (unpaired) electrons. The van der Waals surface area contributed by atoms with Crippen LogP contribution in [-0.4, -0.2) is 9.67 Å². The third-order valence-electron chi connectivity index (χ3n) is 3.71. The minimum atomic E-state index is -0.0717. The number of hydrogen-bond acceptors (Lipinski definition) is 3. The molecular formula is C17H16N2O2. The Morgan fingerprint density at radius 1 is 1.14 bits per heavy atom. The first-order chi connectivity index (χ1) is 10.1. The number of aromatic hydroxyl groups is 1. The summed E-state index contributed by atoms with van der Waals surface area (Å²) < 4.78 is 1.75. The zero-order valence-electron chi connectivity index (χ0n) is 12.0. The van der Waals surface area contributed by atoms with Gasteiger partial charge in [0.2, 0.25) is 5.88 Å². The van der Waals surface area contributed by atoms with Gasteiger partial charge in [-0.05, 0) is 36.2 Å². The van der Waals surface area contributed by atoms with Gasteiger partial charge in [0.1, 0.15) is 0 Å². The van der Waals surface area contributed by atoms with Crippen molar-refractivity contribution >= 4 is 16.6 Å². The van der Waals surface area contributed by atoms with Gasteiger partial charge in [-0.3, -0.25) is 0 Å². The number of aromatic nitrogens is 1. The molecule has 0 spiro atoms. The van der Waals surface area contributed by atoms with Crippen LogP contribution in [0.3, 0.4) is 0 Å². The summed E-state index contributed by atoms with van der Waals surface area (Å²) in [5.41, 5.74) is 4.10. The summed E-state index contributed by atoms with van der Waals surface area (Å²) in [6.07, 6.45) is 0. The van der Waals surface area contributed by atoms with Gasteiger partial charge in [0.05, 0.1) is 12.1 Å². The number of nitroso groups, excluding NO2 is 1. The normalized spacial score (nSPS) is 11.0. The van der Waals surface area contributed by atoms with Gasteiger partial charge in [-0.15, -0.1) is 4.91 Å². The smallest absolute Gasteiger partial charge is 0.222 e. The maximum Gasteiger partial charge on any atom is 0.222 e. The Bertz CT molecular complexity index is 820. The summed E-state index contributed by atoms with van der Waals surface area (Å²) in [4.78, 5) is 11.1. The maximum absolute atomic E-state index is 11.1. The molecule has 0 bridgehead atoms. The lowest BCUT2D eigenvalue weighted by Gasteiger charge is -2.09. The standard InChI is InChI=1S/C17H16N2O2/c1-11-8-12(2)16-14(9-11)15(18-21)17(20)19(16)10-13-6-4-3-5-7-13/h3-9,20H,10H2,1-2H3. The number of rotatable bonds is 3. The van der Waals surface area contributed by atoms with Gasteiger partial charge in [0.25, 0.3) is 0 Å². The number of nitrogens with zero attached hydrogens (tertiary/aromatic N) is 2. The Labute approximate surface area is 122 Å². The monoisotopic (exact) mass is 280 g/mol. The summed E-state index contributed by atoms with van der Waals surface area (Å²) in [5, 5.41) is 14.1. The van der Waals surface area contributed by atoms with Crippen LogP contribution in [0.25, 0.3) is 10.9 Å². The Hall–Kier alpha value is -2.62. The van der Waals surface area contributed by atoms with Crippen LogP contribution in [0.1, 0.15) is 16.7 Å². The molecule has 0 aliphatic rings. The van der Waals surface area contributed by atoms with Crippen LogP contribution < -0.4 is 0 Å². The Morgan fingerprint density at radius 3 is 2.52 bits per heavy atom. The SMILES string of the molecule is Cc1cc(C)c2c(c1)c(N=O)c(O)n2Cc1ccccc1. The molecule has 0 unspecified atom stereocenters. The molecule has 1 heterocycles. The van der Waals surface area contributed by atoms with E-state index in [4.69, 9.17) is 0 Å². The minimum absolute atomic E-state index is 0.0717. The van der Waals surface area contributed by atoms with Gasteiger partial charge >= 0.3 is 0 Å². The number of fused-ring (bicyclic) bond motifs is 1. The molecule has 0 saturated carbocycles. The molecule has 4 heteroatoms. The summed E-state index contributed by atoms with van der Waals surface area (Å²) in [5.74, 6) is -0.0717. The predicted octanol–water partition coefficient (Wildman–Crippen LogP) is 4.41. The molecular weight excluding hydrogens is 264 g/mol. The summed E-state index contributed by atoms with van der Waals surface area (Å²) in [6.45, 7) is 4.44. The molecule has 3 rings (SSSR count). The van der Waals surface area contributed by atoms with E-state index in [0.29, 0.717) is 11.9 Å². The van der Waals surface area contributed by atoms with E-state index in [0.717, 1.165) is 22.2 Å². The highest BCUT2D eigenvalue weighted by Crippen LogP contribution is 2.40. The third kappa shape index (κ3) is 2.18. The van der Waals surface area contributed by atoms with Gasteiger partial charge in [-0.25, -0.2) is 0 Å². The Morgan fingerprint density at radius 2 is 1.86 bits per heavy atom. The van der Waals surface area contributed by atoms with E-state index in [1.54, 1.807) is 4.57 Å². The highest BCUT2D eigenvalue weighted by atomic mass is 16.3. The van der Waals surface area contributed by atoms with Crippen LogP contribution >= 0.6 is 0 Å². The summed E-state index contributed by atoms with van der Waals surface area (Å²) >= 11 is 0. The first-order valence-corrected chi connectivity index (χ1v) is 6.81. The first-order valence-electron chi connectivity index (χ1n) is 6.81. The average molecular weight is 280 g/mol. The average Bonchev–Trinajstić information content (AvgIpc) is 2.72. The highest BCUT2D eigenvalue weighted by molar-refractivity contribution is 5.97. The summed E-state index contributed by atoms with van der Waals surface area (Å²) in [6, 6.07) is 13.8. The van der Waals surface area contributed by atoms with E-state index < -0.39 is 0 Å². The quantitative estimate of drug-likeness (QED) is 0.722. The molecule has 0 saturated heterocycles. The zero-order valence-corrected chi connectivity index (χ0v) is 12.0. The zero-order chi connectivity index (χ0) is 15.0. The van der Waals surface area contributed by atoms with Crippen LogP contribution in [0, 0.1) is 18.8 Å². The topological polar surface area (TPSA) is 54.6 Å². The summed E-state index contributed by atoms with van der Waals surface area (Å²) in [7, 11) is 0. The van der Waals surface area contributed by atoms with Gasteiger partial charge < -0.3 is 9.67 Å². The molecule has 2 aromatic carbocycles. The second kappa shape index (κ2) is 5.05. The molecule has 0 aliphatic carbocycles. The van der Waals surface area contributed by atoms with E-state index in [2.05, 4.69) is 5.18 Å². The van der Waals surface area contributed by atoms with Crippen molar-refractivity contribution in [2.24, 2.45) is 5.18 Å². The molecule has 0 amide bonds. The van der Waals surface area contributed by atoms with Crippen LogP contribution in [0.2, 0.25) is 0 Å². The molecule has 0 fully saturated rings. The van der Waals surface area contributed by atoms with Crippen LogP contribution in [0.15, 0.2) is 47.6 Å². The fourth-order valence-corrected chi connectivity index (χ4v) is 2.86. The second-order valence-electron chi connectivity index (χ2n) is 5.31. The fraction of sp³-hybridized carbons (Fsp3) is 0.176. The lowest BCUT2D eigenvalue weighted by molar-refractivity contribution is 0.430. The molecule has 0 aliphatic heterocycles. The van der Waals surface area contributed by atoms with Crippen molar-refractivity contribution in [1.82, 2.24) is 4.57 Å². The van der Waals surface area contributed by atoms with Gasteiger partial charge in [-0.1, -0.05) is 42.0 Å². The van der Waals surface area contributed by atoms with Crippen molar-refractivity contribution in [1.29, 1.82) is 0 Å². The maximum atomic E-state index is 11.1. The number of hydrogen-bond donors (Lipinski definition) is 1. The van der Waals surface area contributed by atoms with E-state index in [1.807, 2.05) is 56.3 Å². The minimum Gasteiger partial charge on any atom is -0.493 e. The van der Waals surface area contributed by atoms with E-state index in [9.17, 15) is 10.0 Å². The number of aryl methyl sites for hydroxylation is 2. The van der Waals surface area contributed by atoms with Crippen LogP contribution in [-0.2, 0) is 6.54 Å². The van der Waals surface area contributed by atoms with Crippen molar-refractivity contribution < 1.29 is 5.11 Å². The fourth-order valence-electron chi connectivity index (χ4n) is 2.86. The van der Waals surface area contributed by atoms with Crippen molar-refractivity contribution in [3.8, 4) is 5.88 Å². The molecule has 0 atom stereocenters. The number of benzene rings is 2. The molecule has 3 aromatic rings. The second-order valence-corrected chi connectivity index (χ2v) is 5.31. The third-order valence-corrected chi connectivity index (χ3v) is 3.71. The van der Waals surface area contributed by atoms with Crippen molar-refractivity contribution in [3.05, 3.63) is 64.1 Å². The largest absolute Gasteiger partial charge is 0.493 e. The van der Waals surface area contributed by atoms with Gasteiger partial charge in [0, 0.05) is 5.39 Å². The lowest BCUT2D eigenvalue weighted by atomic mass is 10.1. The van der Waals surface area contributed by atoms with Crippen molar-refractivity contribution in [2.45, 2.75) is 20.4 Å². The van der Waals surface area contributed by atoms with E-state index in [1.165, 1.54) is 0 Å². The van der Waals surface area contributed by atoms with Crippen LogP contribution in [0.4, 0.5) is 5.69 Å². The molecule has 106 valence electrons. The van der Waals surface area contributed by atoms with Crippen molar-refractivity contribution in [3.63, 3.8) is 0 Å². The molecule has 21 heavy (non-hydrogen) atoms. The Kier molecular flexibility index (Phi) is 3.22.